The predicted molar refractivity (Wildman–Crippen MR) is 125 cm³/mol. The Morgan fingerprint density at radius 3 is 2.41 bits per heavy atom. The average molecular weight is 470 g/mol. The SMILES string of the molecule is COc1cc(CNC(=O)CCC(=O)N2C[C@@H]3C[C@H](C2)c2cccc(=O)n2C3)cc(OC)c1OC. The molecule has 2 aliphatic rings. The summed E-state index contributed by atoms with van der Waals surface area (Å²) in [6.07, 6.45) is 1.26. The topological polar surface area (TPSA) is 99.1 Å². The van der Waals surface area contributed by atoms with Gasteiger partial charge in [0.25, 0.3) is 5.56 Å². The Kier molecular flexibility index (Phi) is 7.09. The van der Waals surface area contributed by atoms with Crippen LogP contribution in [0.25, 0.3) is 0 Å². The van der Waals surface area contributed by atoms with E-state index in [1.165, 1.54) is 21.3 Å². The van der Waals surface area contributed by atoms with Crippen molar-refractivity contribution in [3.8, 4) is 17.2 Å². The van der Waals surface area contributed by atoms with E-state index in [-0.39, 0.29) is 48.6 Å². The second-order valence-electron chi connectivity index (χ2n) is 8.81. The first-order chi connectivity index (χ1) is 16.4. The Bertz CT molecular complexity index is 1100. The third-order valence-corrected chi connectivity index (χ3v) is 6.61. The summed E-state index contributed by atoms with van der Waals surface area (Å²) in [6.45, 7) is 2.14. The molecule has 9 heteroatoms. The van der Waals surface area contributed by atoms with Crippen molar-refractivity contribution in [1.29, 1.82) is 0 Å². The van der Waals surface area contributed by atoms with Crippen LogP contribution in [0.1, 0.15) is 36.4 Å². The van der Waals surface area contributed by atoms with Gasteiger partial charge in [-0.3, -0.25) is 14.4 Å². The van der Waals surface area contributed by atoms with Crippen molar-refractivity contribution in [3.63, 3.8) is 0 Å². The highest BCUT2D eigenvalue weighted by Crippen LogP contribution is 2.38. The zero-order valence-corrected chi connectivity index (χ0v) is 19.8. The van der Waals surface area contributed by atoms with Gasteiger partial charge >= 0.3 is 0 Å². The first-order valence-electron chi connectivity index (χ1n) is 11.5. The molecule has 2 bridgehead atoms. The molecular formula is C25H31N3O6. The van der Waals surface area contributed by atoms with Crippen LogP contribution in [0.5, 0.6) is 17.2 Å². The zero-order chi connectivity index (χ0) is 24.2. The molecule has 0 saturated carbocycles. The van der Waals surface area contributed by atoms with Crippen LogP contribution in [0.3, 0.4) is 0 Å². The van der Waals surface area contributed by atoms with Crippen molar-refractivity contribution in [1.82, 2.24) is 14.8 Å². The molecule has 2 amide bonds. The second-order valence-corrected chi connectivity index (χ2v) is 8.81. The van der Waals surface area contributed by atoms with E-state index in [1.54, 1.807) is 24.3 Å². The lowest BCUT2D eigenvalue weighted by Crippen LogP contribution is -2.49. The van der Waals surface area contributed by atoms with Gasteiger partial charge in [-0.05, 0) is 36.1 Å². The lowest BCUT2D eigenvalue weighted by Gasteiger charge is -2.42. The summed E-state index contributed by atoms with van der Waals surface area (Å²) in [5.74, 6) is 1.73. The smallest absolute Gasteiger partial charge is 0.250 e. The molecule has 2 atom stereocenters. The molecule has 4 rings (SSSR count). The molecule has 1 aromatic heterocycles. The highest BCUT2D eigenvalue weighted by atomic mass is 16.5. The summed E-state index contributed by atoms with van der Waals surface area (Å²) in [4.78, 5) is 39.3. The van der Waals surface area contributed by atoms with Gasteiger partial charge in [0, 0.05) is 56.7 Å². The first-order valence-corrected chi connectivity index (χ1v) is 11.5. The van der Waals surface area contributed by atoms with Gasteiger partial charge in [0.05, 0.1) is 21.3 Å². The molecule has 9 nitrogen and oxygen atoms in total. The van der Waals surface area contributed by atoms with E-state index in [2.05, 4.69) is 5.32 Å². The van der Waals surface area contributed by atoms with Gasteiger partial charge in [0.1, 0.15) is 0 Å². The van der Waals surface area contributed by atoms with Gasteiger partial charge in [0.15, 0.2) is 11.5 Å². The summed E-state index contributed by atoms with van der Waals surface area (Å²) in [6, 6.07) is 8.91. The Labute approximate surface area is 198 Å². The number of amides is 2. The number of ether oxygens (including phenoxy) is 3. The number of likely N-dealkylation sites (tertiary alicyclic amines) is 1. The van der Waals surface area contributed by atoms with Crippen LogP contribution in [-0.2, 0) is 22.7 Å². The standard InChI is InChI=1S/C25H31N3O6/c1-32-20-10-16(11-21(33-2)25(20)34-3)12-26-22(29)7-8-23(30)27-13-17-9-18(15-27)19-5-4-6-24(31)28(19)14-17/h4-6,10-11,17-18H,7-9,12-15H2,1-3H3,(H,26,29)/t17-,18+/m0/s1. The molecule has 2 aromatic rings. The van der Waals surface area contributed by atoms with Crippen molar-refractivity contribution in [2.24, 2.45) is 5.92 Å². The quantitative estimate of drug-likeness (QED) is 0.634. The number of piperidine rings is 1. The van der Waals surface area contributed by atoms with E-state index in [1.807, 2.05) is 15.5 Å². The van der Waals surface area contributed by atoms with E-state index < -0.39 is 0 Å². The highest BCUT2D eigenvalue weighted by Gasteiger charge is 2.36. The van der Waals surface area contributed by atoms with E-state index in [4.69, 9.17) is 14.2 Å². The third kappa shape index (κ3) is 4.88. The number of nitrogens with one attached hydrogen (secondary N) is 1. The number of fused-ring (bicyclic) bond motifs is 4. The number of carbonyl (C=O) groups is 2. The maximum absolute atomic E-state index is 12.9. The molecular weight excluding hydrogens is 438 g/mol. The van der Waals surface area contributed by atoms with Gasteiger partial charge < -0.3 is 29.0 Å². The number of hydrogen-bond donors (Lipinski definition) is 1. The minimum Gasteiger partial charge on any atom is -0.493 e. The molecule has 1 aromatic carbocycles. The molecule has 182 valence electrons. The molecule has 3 heterocycles. The van der Waals surface area contributed by atoms with Gasteiger partial charge in [0.2, 0.25) is 17.6 Å². The second kappa shape index (κ2) is 10.2. The van der Waals surface area contributed by atoms with Crippen LogP contribution in [0, 0.1) is 5.92 Å². The number of rotatable bonds is 8. The third-order valence-electron chi connectivity index (χ3n) is 6.61. The normalized spacial score (nSPS) is 18.6. The van der Waals surface area contributed by atoms with Gasteiger partial charge in [-0.25, -0.2) is 0 Å². The molecule has 0 aliphatic carbocycles. The first kappa shape index (κ1) is 23.7. The fourth-order valence-electron chi connectivity index (χ4n) is 5.01. The Hall–Kier alpha value is -3.49. The average Bonchev–Trinajstić information content (AvgIpc) is 2.85. The highest BCUT2D eigenvalue weighted by molar-refractivity contribution is 5.84. The maximum Gasteiger partial charge on any atom is 0.250 e. The number of hydrogen-bond acceptors (Lipinski definition) is 6. The molecule has 1 fully saturated rings. The Balaban J connectivity index is 1.30. The van der Waals surface area contributed by atoms with Crippen LogP contribution in [0.15, 0.2) is 35.1 Å². The predicted octanol–water partition coefficient (Wildman–Crippen LogP) is 1.92. The van der Waals surface area contributed by atoms with Crippen LogP contribution < -0.4 is 25.1 Å². The summed E-state index contributed by atoms with van der Waals surface area (Å²) in [5.41, 5.74) is 1.83. The van der Waals surface area contributed by atoms with Gasteiger partial charge in [-0.15, -0.1) is 0 Å². The summed E-state index contributed by atoms with van der Waals surface area (Å²) in [7, 11) is 4.61. The largest absolute Gasteiger partial charge is 0.493 e. The molecule has 34 heavy (non-hydrogen) atoms. The molecule has 0 spiro atoms. The van der Waals surface area contributed by atoms with Crippen LogP contribution >= 0.6 is 0 Å². The number of aromatic nitrogens is 1. The summed E-state index contributed by atoms with van der Waals surface area (Å²) < 4.78 is 17.9. The van der Waals surface area contributed by atoms with Crippen molar-refractivity contribution in [3.05, 3.63) is 51.9 Å². The number of pyridine rings is 1. The maximum atomic E-state index is 12.9. The Morgan fingerprint density at radius 1 is 1.00 bits per heavy atom. The number of benzene rings is 1. The zero-order valence-electron chi connectivity index (χ0n) is 19.8. The fraction of sp³-hybridized carbons (Fsp3) is 0.480. The van der Waals surface area contributed by atoms with E-state index in [0.717, 1.165) is 17.7 Å². The lowest BCUT2D eigenvalue weighted by molar-refractivity contribution is -0.136. The Morgan fingerprint density at radius 2 is 1.74 bits per heavy atom. The number of carbonyl (C=O) groups excluding carboxylic acids is 2. The van der Waals surface area contributed by atoms with Gasteiger partial charge in [-0.1, -0.05) is 6.07 Å². The van der Waals surface area contributed by atoms with Crippen LogP contribution in [0.4, 0.5) is 0 Å². The minimum absolute atomic E-state index is 0.0237. The van der Waals surface area contributed by atoms with Gasteiger partial charge in [-0.2, -0.15) is 0 Å². The molecule has 1 N–H and O–H groups in total. The fourth-order valence-corrected chi connectivity index (χ4v) is 5.01. The van der Waals surface area contributed by atoms with Crippen molar-refractivity contribution >= 4 is 11.8 Å². The van der Waals surface area contributed by atoms with Crippen LogP contribution in [0.2, 0.25) is 0 Å². The summed E-state index contributed by atoms with van der Waals surface area (Å²) in [5, 5.41) is 2.86. The van der Waals surface area contributed by atoms with Crippen LogP contribution in [-0.4, -0.2) is 55.7 Å². The van der Waals surface area contributed by atoms with E-state index in [0.29, 0.717) is 36.9 Å². The molecule has 0 unspecified atom stereocenters. The monoisotopic (exact) mass is 469 g/mol. The number of methoxy groups -OCH3 is 3. The minimum atomic E-state index is -0.198. The molecule has 2 aliphatic heterocycles. The van der Waals surface area contributed by atoms with Crippen molar-refractivity contribution < 1.29 is 23.8 Å². The number of nitrogens with zero attached hydrogens (tertiary/aromatic N) is 2. The van der Waals surface area contributed by atoms with Crippen molar-refractivity contribution in [2.45, 2.75) is 38.3 Å². The van der Waals surface area contributed by atoms with E-state index in [9.17, 15) is 14.4 Å². The lowest BCUT2D eigenvalue weighted by atomic mass is 9.83. The van der Waals surface area contributed by atoms with Crippen molar-refractivity contribution in [2.75, 3.05) is 34.4 Å². The molecule has 1 saturated heterocycles. The summed E-state index contributed by atoms with van der Waals surface area (Å²) >= 11 is 0. The van der Waals surface area contributed by atoms with E-state index >= 15 is 0 Å². The molecule has 0 radical (unpaired) electrons.